The van der Waals surface area contributed by atoms with Gasteiger partial charge in [-0.25, -0.2) is 5.43 Å². The standard InChI is InChI=1S/C12H9IN2OS/c13-11-3-1-2-10(6-11)12(16)15-14-7-9-4-5-17-8-9/h1-8H,(H,15,16)/b14-7-. The normalized spacial score (nSPS) is 10.6. The Labute approximate surface area is 117 Å². The number of benzene rings is 1. The molecule has 0 spiro atoms. The number of amides is 1. The fraction of sp³-hybridized carbons (Fsp3) is 0. The van der Waals surface area contributed by atoms with Gasteiger partial charge in [-0.1, -0.05) is 6.07 Å². The van der Waals surface area contributed by atoms with Gasteiger partial charge in [0.05, 0.1) is 6.21 Å². The number of hydrazone groups is 1. The van der Waals surface area contributed by atoms with Gasteiger partial charge >= 0.3 is 0 Å². The van der Waals surface area contributed by atoms with E-state index >= 15 is 0 Å². The zero-order valence-electron chi connectivity index (χ0n) is 8.76. The maximum absolute atomic E-state index is 11.7. The van der Waals surface area contributed by atoms with Crippen LogP contribution < -0.4 is 5.43 Å². The van der Waals surface area contributed by atoms with Crippen molar-refractivity contribution in [2.45, 2.75) is 0 Å². The number of hydrogen-bond acceptors (Lipinski definition) is 3. The molecule has 0 unspecified atom stereocenters. The second kappa shape index (κ2) is 5.92. The lowest BCUT2D eigenvalue weighted by molar-refractivity contribution is 0.0955. The minimum absolute atomic E-state index is 0.199. The summed E-state index contributed by atoms with van der Waals surface area (Å²) in [4.78, 5) is 11.7. The average Bonchev–Trinajstić information content (AvgIpc) is 2.82. The zero-order chi connectivity index (χ0) is 12.1. The van der Waals surface area contributed by atoms with E-state index in [9.17, 15) is 4.79 Å². The summed E-state index contributed by atoms with van der Waals surface area (Å²) in [5.41, 5.74) is 4.09. The van der Waals surface area contributed by atoms with Gasteiger partial charge in [-0.2, -0.15) is 16.4 Å². The summed E-state index contributed by atoms with van der Waals surface area (Å²) in [5, 5.41) is 7.82. The smallest absolute Gasteiger partial charge is 0.267 e. The highest BCUT2D eigenvalue weighted by molar-refractivity contribution is 14.1. The molecule has 0 aliphatic rings. The van der Waals surface area contributed by atoms with E-state index in [1.165, 1.54) is 0 Å². The van der Waals surface area contributed by atoms with Crippen LogP contribution in [0.25, 0.3) is 0 Å². The molecule has 0 saturated carbocycles. The van der Waals surface area contributed by atoms with Gasteiger partial charge < -0.3 is 0 Å². The van der Waals surface area contributed by atoms with E-state index in [1.807, 2.05) is 35.0 Å². The van der Waals surface area contributed by atoms with Crippen molar-refractivity contribution >= 4 is 46.0 Å². The molecular formula is C12H9IN2OS. The summed E-state index contributed by atoms with van der Waals surface area (Å²) in [6.07, 6.45) is 1.63. The van der Waals surface area contributed by atoms with E-state index in [4.69, 9.17) is 0 Å². The number of carbonyl (C=O) groups is 1. The maximum Gasteiger partial charge on any atom is 0.271 e. The molecule has 0 aliphatic heterocycles. The van der Waals surface area contributed by atoms with Crippen LogP contribution in [0, 0.1) is 3.57 Å². The van der Waals surface area contributed by atoms with E-state index < -0.39 is 0 Å². The van der Waals surface area contributed by atoms with Gasteiger partial charge in [0.1, 0.15) is 0 Å². The third kappa shape index (κ3) is 3.64. The van der Waals surface area contributed by atoms with Crippen LogP contribution in [0.1, 0.15) is 15.9 Å². The molecule has 0 bridgehead atoms. The van der Waals surface area contributed by atoms with Crippen LogP contribution in [0.5, 0.6) is 0 Å². The van der Waals surface area contributed by atoms with Crippen molar-refractivity contribution in [1.82, 2.24) is 5.43 Å². The van der Waals surface area contributed by atoms with Gasteiger partial charge in [-0.3, -0.25) is 4.79 Å². The minimum atomic E-state index is -0.199. The summed E-state index contributed by atoms with van der Waals surface area (Å²) >= 11 is 3.76. The van der Waals surface area contributed by atoms with Crippen LogP contribution in [0.15, 0.2) is 46.2 Å². The number of halogens is 1. The molecule has 2 rings (SSSR count). The van der Waals surface area contributed by atoms with Crippen molar-refractivity contribution in [2.24, 2.45) is 5.10 Å². The summed E-state index contributed by atoms with van der Waals surface area (Å²) in [6.45, 7) is 0. The Kier molecular flexibility index (Phi) is 4.27. The molecular weight excluding hydrogens is 347 g/mol. The first-order chi connectivity index (χ1) is 8.25. The Hall–Kier alpha value is -1.21. The number of nitrogens with zero attached hydrogens (tertiary/aromatic N) is 1. The number of thiophene rings is 1. The topological polar surface area (TPSA) is 41.5 Å². The first-order valence-corrected chi connectivity index (χ1v) is 6.89. The molecule has 0 radical (unpaired) electrons. The molecule has 17 heavy (non-hydrogen) atoms. The third-order valence-electron chi connectivity index (χ3n) is 2.01. The Morgan fingerprint density at radius 1 is 1.41 bits per heavy atom. The van der Waals surface area contributed by atoms with Crippen molar-refractivity contribution in [3.05, 3.63) is 55.8 Å². The molecule has 5 heteroatoms. The van der Waals surface area contributed by atoms with Crippen LogP contribution in [0.3, 0.4) is 0 Å². The first-order valence-electron chi connectivity index (χ1n) is 4.87. The average molecular weight is 356 g/mol. The SMILES string of the molecule is O=C(N/N=C\c1ccsc1)c1cccc(I)c1. The van der Waals surface area contributed by atoms with Crippen molar-refractivity contribution in [3.8, 4) is 0 Å². The van der Waals surface area contributed by atoms with Gasteiger partial charge in [-0.15, -0.1) is 0 Å². The lowest BCUT2D eigenvalue weighted by Crippen LogP contribution is -2.17. The fourth-order valence-electron chi connectivity index (χ4n) is 1.21. The van der Waals surface area contributed by atoms with Crippen LogP contribution >= 0.6 is 33.9 Å². The molecule has 1 aromatic carbocycles. The second-order valence-electron chi connectivity index (χ2n) is 3.27. The molecule has 1 aromatic heterocycles. The van der Waals surface area contributed by atoms with Gasteiger partial charge in [0.15, 0.2) is 0 Å². The van der Waals surface area contributed by atoms with Crippen molar-refractivity contribution in [2.75, 3.05) is 0 Å². The summed E-state index contributed by atoms with van der Waals surface area (Å²) in [6, 6.07) is 9.30. The van der Waals surface area contributed by atoms with Crippen molar-refractivity contribution < 1.29 is 4.79 Å². The largest absolute Gasteiger partial charge is 0.271 e. The Bertz CT molecular complexity index is 537. The van der Waals surface area contributed by atoms with Crippen molar-refractivity contribution in [1.29, 1.82) is 0 Å². The highest BCUT2D eigenvalue weighted by Crippen LogP contribution is 2.07. The number of hydrogen-bond donors (Lipinski definition) is 1. The summed E-state index contributed by atoms with van der Waals surface area (Å²) < 4.78 is 1.03. The maximum atomic E-state index is 11.7. The van der Waals surface area contributed by atoms with Crippen LogP contribution in [0.2, 0.25) is 0 Å². The number of nitrogens with one attached hydrogen (secondary N) is 1. The molecule has 1 amide bonds. The number of rotatable bonds is 3. The molecule has 0 atom stereocenters. The minimum Gasteiger partial charge on any atom is -0.267 e. The predicted molar refractivity (Wildman–Crippen MR) is 78.5 cm³/mol. The first kappa shape index (κ1) is 12.3. The predicted octanol–water partition coefficient (Wildman–Crippen LogP) is 3.12. The summed E-state index contributed by atoms with van der Waals surface area (Å²) in [7, 11) is 0. The van der Waals surface area contributed by atoms with Gasteiger partial charge in [0, 0.05) is 14.7 Å². The lowest BCUT2D eigenvalue weighted by atomic mass is 10.2. The van der Waals surface area contributed by atoms with Gasteiger partial charge in [0.2, 0.25) is 0 Å². The Morgan fingerprint density at radius 2 is 2.29 bits per heavy atom. The molecule has 0 aliphatic carbocycles. The molecule has 1 N–H and O–H groups in total. The Morgan fingerprint density at radius 3 is 3.00 bits per heavy atom. The van der Waals surface area contributed by atoms with Gasteiger partial charge in [0.25, 0.3) is 5.91 Å². The van der Waals surface area contributed by atoms with E-state index in [1.54, 1.807) is 23.6 Å². The summed E-state index contributed by atoms with van der Waals surface area (Å²) in [5.74, 6) is -0.199. The van der Waals surface area contributed by atoms with Crippen molar-refractivity contribution in [3.63, 3.8) is 0 Å². The van der Waals surface area contributed by atoms with E-state index in [0.717, 1.165) is 9.13 Å². The second-order valence-corrected chi connectivity index (χ2v) is 5.29. The highest BCUT2D eigenvalue weighted by atomic mass is 127. The molecule has 1 heterocycles. The van der Waals surface area contributed by atoms with Crippen LogP contribution in [-0.4, -0.2) is 12.1 Å². The quantitative estimate of drug-likeness (QED) is 0.513. The Balaban J connectivity index is 1.98. The molecule has 2 aromatic rings. The van der Waals surface area contributed by atoms with E-state index in [-0.39, 0.29) is 5.91 Å². The van der Waals surface area contributed by atoms with Gasteiger partial charge in [-0.05, 0) is 57.6 Å². The molecule has 0 fully saturated rings. The monoisotopic (exact) mass is 356 g/mol. The highest BCUT2D eigenvalue weighted by Gasteiger charge is 2.03. The van der Waals surface area contributed by atoms with E-state index in [2.05, 4.69) is 33.1 Å². The lowest BCUT2D eigenvalue weighted by Gasteiger charge is -1.99. The molecule has 86 valence electrons. The zero-order valence-corrected chi connectivity index (χ0v) is 11.7. The van der Waals surface area contributed by atoms with Crippen LogP contribution in [0.4, 0.5) is 0 Å². The van der Waals surface area contributed by atoms with E-state index in [0.29, 0.717) is 5.56 Å². The third-order valence-corrected chi connectivity index (χ3v) is 3.38. The number of carbonyl (C=O) groups excluding carboxylic acids is 1. The molecule has 0 saturated heterocycles. The van der Waals surface area contributed by atoms with Crippen LogP contribution in [-0.2, 0) is 0 Å². The molecule has 3 nitrogen and oxygen atoms in total. The fourth-order valence-corrected chi connectivity index (χ4v) is 2.36.